The number of aromatic carboxylic acids is 1. The molecule has 2 aromatic carbocycles. The summed E-state index contributed by atoms with van der Waals surface area (Å²) in [6.07, 6.45) is -1.67. The first-order valence-electron chi connectivity index (χ1n) is 13.5. The SMILES string of the molecule is CO[C@H]1CN(C(=O)OC(C)(C)C)C[C@@H]1N(Cc1ccc(C(=O)O)o1)C(=O)OCC1c2ccccc2-c2ccccc21. The Morgan fingerprint density at radius 3 is 2.17 bits per heavy atom. The van der Waals surface area contributed by atoms with Gasteiger partial charge in [-0.25, -0.2) is 14.4 Å². The lowest BCUT2D eigenvalue weighted by molar-refractivity contribution is 0.0230. The summed E-state index contributed by atoms with van der Waals surface area (Å²) >= 11 is 0. The molecule has 2 aliphatic rings. The molecule has 1 N–H and O–H groups in total. The Morgan fingerprint density at radius 1 is 0.976 bits per heavy atom. The molecule has 1 saturated heterocycles. The Balaban J connectivity index is 1.39. The first-order valence-corrected chi connectivity index (χ1v) is 13.5. The molecule has 0 radical (unpaired) electrons. The minimum atomic E-state index is -1.21. The molecule has 1 fully saturated rings. The number of furan rings is 1. The van der Waals surface area contributed by atoms with Gasteiger partial charge < -0.3 is 28.6 Å². The van der Waals surface area contributed by atoms with E-state index in [1.807, 2.05) is 36.4 Å². The molecule has 10 heteroatoms. The molecule has 0 bridgehead atoms. The van der Waals surface area contributed by atoms with E-state index in [4.69, 9.17) is 18.6 Å². The molecule has 1 aromatic heterocycles. The molecule has 216 valence electrons. The molecule has 3 aromatic rings. The number of carboxylic acids is 1. The Morgan fingerprint density at radius 2 is 1.61 bits per heavy atom. The van der Waals surface area contributed by atoms with Crippen LogP contribution in [0.1, 0.15) is 54.1 Å². The van der Waals surface area contributed by atoms with Crippen molar-refractivity contribution in [2.24, 2.45) is 0 Å². The van der Waals surface area contributed by atoms with Gasteiger partial charge in [0.25, 0.3) is 0 Å². The van der Waals surface area contributed by atoms with Gasteiger partial charge in [-0.3, -0.25) is 4.90 Å². The molecule has 1 aliphatic carbocycles. The molecule has 0 spiro atoms. The predicted octanol–water partition coefficient (Wildman–Crippen LogP) is 5.36. The number of hydrogen-bond acceptors (Lipinski definition) is 7. The summed E-state index contributed by atoms with van der Waals surface area (Å²) in [7, 11) is 1.52. The fraction of sp³-hybridized carbons (Fsp3) is 0.387. The van der Waals surface area contributed by atoms with Crippen LogP contribution >= 0.6 is 0 Å². The summed E-state index contributed by atoms with van der Waals surface area (Å²) < 4.78 is 22.7. The predicted molar refractivity (Wildman–Crippen MR) is 149 cm³/mol. The maximum Gasteiger partial charge on any atom is 0.410 e. The molecule has 2 atom stereocenters. The normalized spacial score (nSPS) is 18.1. The zero-order valence-electron chi connectivity index (χ0n) is 23.5. The van der Waals surface area contributed by atoms with Gasteiger partial charge in [0.2, 0.25) is 5.76 Å². The van der Waals surface area contributed by atoms with Crippen molar-refractivity contribution in [1.82, 2.24) is 9.80 Å². The van der Waals surface area contributed by atoms with E-state index in [-0.39, 0.29) is 43.7 Å². The minimum absolute atomic E-state index is 0.0728. The van der Waals surface area contributed by atoms with Crippen LogP contribution in [0.5, 0.6) is 0 Å². The number of amides is 2. The standard InChI is InChI=1S/C31H34N2O8/c1-31(2,3)41-29(36)32-16-25(27(17-32)38-4)33(15-19-13-14-26(40-19)28(34)35)30(37)39-18-24-22-11-7-5-9-20(22)21-10-6-8-12-23(21)24/h5-14,24-25,27H,15-18H2,1-4H3,(H,34,35)/t25-,27-/m0/s1. The minimum Gasteiger partial charge on any atom is -0.475 e. The van der Waals surface area contributed by atoms with Crippen molar-refractivity contribution in [2.45, 2.75) is 51.0 Å². The summed E-state index contributed by atoms with van der Waals surface area (Å²) in [6, 6.07) is 18.4. The van der Waals surface area contributed by atoms with Crippen LogP contribution in [0, 0.1) is 0 Å². The largest absolute Gasteiger partial charge is 0.475 e. The fourth-order valence-corrected chi connectivity index (χ4v) is 5.50. The molecule has 10 nitrogen and oxygen atoms in total. The monoisotopic (exact) mass is 562 g/mol. The molecule has 2 heterocycles. The average molecular weight is 563 g/mol. The number of benzene rings is 2. The first-order chi connectivity index (χ1) is 19.6. The van der Waals surface area contributed by atoms with Crippen LogP contribution in [-0.2, 0) is 20.8 Å². The number of nitrogens with zero attached hydrogens (tertiary/aromatic N) is 2. The summed E-state index contributed by atoms with van der Waals surface area (Å²) in [5, 5.41) is 9.31. The lowest BCUT2D eigenvalue weighted by Crippen LogP contribution is -2.47. The third kappa shape index (κ3) is 5.92. The Labute approximate surface area is 238 Å². The maximum atomic E-state index is 13.8. The second-order valence-corrected chi connectivity index (χ2v) is 11.2. The third-order valence-corrected chi connectivity index (χ3v) is 7.36. The van der Waals surface area contributed by atoms with Crippen molar-refractivity contribution in [3.8, 4) is 11.1 Å². The van der Waals surface area contributed by atoms with Crippen LogP contribution < -0.4 is 0 Å². The van der Waals surface area contributed by atoms with E-state index < -0.39 is 35.9 Å². The van der Waals surface area contributed by atoms with Gasteiger partial charge in [-0.05, 0) is 55.2 Å². The van der Waals surface area contributed by atoms with Crippen LogP contribution in [0.15, 0.2) is 65.1 Å². The highest BCUT2D eigenvalue weighted by molar-refractivity contribution is 5.84. The molecular formula is C31H34N2O8. The van der Waals surface area contributed by atoms with E-state index in [9.17, 15) is 19.5 Å². The molecule has 41 heavy (non-hydrogen) atoms. The van der Waals surface area contributed by atoms with Gasteiger partial charge in [-0.2, -0.15) is 0 Å². The number of likely N-dealkylation sites (tertiary alicyclic amines) is 1. The van der Waals surface area contributed by atoms with E-state index in [2.05, 4.69) is 12.1 Å². The number of carbonyl (C=O) groups is 3. The Kier molecular flexibility index (Phi) is 7.77. The second-order valence-electron chi connectivity index (χ2n) is 11.2. The van der Waals surface area contributed by atoms with Gasteiger partial charge in [0.15, 0.2) is 0 Å². The summed E-state index contributed by atoms with van der Waals surface area (Å²) in [5.74, 6) is -1.33. The van der Waals surface area contributed by atoms with Gasteiger partial charge >= 0.3 is 18.2 Å². The highest BCUT2D eigenvalue weighted by Crippen LogP contribution is 2.44. The number of methoxy groups -OCH3 is 1. The van der Waals surface area contributed by atoms with E-state index >= 15 is 0 Å². The molecular weight excluding hydrogens is 528 g/mol. The molecule has 5 rings (SSSR count). The number of fused-ring (bicyclic) bond motifs is 3. The van der Waals surface area contributed by atoms with Crippen LogP contribution in [0.2, 0.25) is 0 Å². The summed E-state index contributed by atoms with van der Waals surface area (Å²) in [6.45, 7) is 5.73. The average Bonchev–Trinajstić information content (AvgIpc) is 3.65. The first kappa shape index (κ1) is 28.2. The topological polar surface area (TPSA) is 119 Å². The van der Waals surface area contributed by atoms with Crippen LogP contribution in [0.3, 0.4) is 0 Å². The van der Waals surface area contributed by atoms with Crippen molar-refractivity contribution < 1.29 is 38.1 Å². The van der Waals surface area contributed by atoms with Gasteiger partial charge in [0, 0.05) is 19.6 Å². The van der Waals surface area contributed by atoms with Crippen molar-refractivity contribution in [3.05, 3.63) is 83.3 Å². The van der Waals surface area contributed by atoms with E-state index in [1.165, 1.54) is 29.0 Å². The zero-order valence-corrected chi connectivity index (χ0v) is 23.5. The third-order valence-electron chi connectivity index (χ3n) is 7.36. The van der Waals surface area contributed by atoms with Crippen LogP contribution in [0.4, 0.5) is 9.59 Å². The zero-order chi connectivity index (χ0) is 29.3. The quantitative estimate of drug-likeness (QED) is 0.409. The number of hydrogen-bond donors (Lipinski definition) is 1. The highest BCUT2D eigenvalue weighted by atomic mass is 16.6. The molecule has 1 aliphatic heterocycles. The Hall–Kier alpha value is -4.31. The number of ether oxygens (including phenoxy) is 3. The van der Waals surface area contributed by atoms with E-state index in [0.717, 1.165) is 22.3 Å². The van der Waals surface area contributed by atoms with Gasteiger partial charge in [0.1, 0.15) is 18.0 Å². The van der Waals surface area contributed by atoms with E-state index in [1.54, 1.807) is 20.8 Å². The lowest BCUT2D eigenvalue weighted by Gasteiger charge is -2.31. The maximum absolute atomic E-state index is 13.8. The van der Waals surface area contributed by atoms with Crippen molar-refractivity contribution in [3.63, 3.8) is 0 Å². The van der Waals surface area contributed by atoms with E-state index in [0.29, 0.717) is 0 Å². The molecule has 2 amide bonds. The summed E-state index contributed by atoms with van der Waals surface area (Å²) in [4.78, 5) is 41.0. The van der Waals surface area contributed by atoms with Gasteiger partial charge in [0.05, 0.1) is 25.2 Å². The number of carboxylic acid groups (broad SMARTS) is 1. The van der Waals surface area contributed by atoms with Crippen molar-refractivity contribution in [2.75, 3.05) is 26.8 Å². The van der Waals surface area contributed by atoms with Crippen LogP contribution in [-0.4, -0.2) is 77.6 Å². The smallest absolute Gasteiger partial charge is 0.410 e. The fourth-order valence-electron chi connectivity index (χ4n) is 5.50. The Bertz CT molecular complexity index is 1400. The second kappa shape index (κ2) is 11.3. The van der Waals surface area contributed by atoms with Crippen LogP contribution in [0.25, 0.3) is 11.1 Å². The highest BCUT2D eigenvalue weighted by Gasteiger charge is 2.43. The number of carbonyl (C=O) groups excluding carboxylic acids is 2. The van der Waals surface area contributed by atoms with Crippen molar-refractivity contribution in [1.29, 1.82) is 0 Å². The lowest BCUT2D eigenvalue weighted by atomic mass is 9.98. The van der Waals surface area contributed by atoms with Gasteiger partial charge in [-0.1, -0.05) is 48.5 Å². The number of rotatable bonds is 7. The van der Waals surface area contributed by atoms with Crippen molar-refractivity contribution >= 4 is 18.2 Å². The molecule has 0 saturated carbocycles. The molecule has 0 unspecified atom stereocenters. The summed E-state index contributed by atoms with van der Waals surface area (Å²) in [5.41, 5.74) is 3.70. The van der Waals surface area contributed by atoms with Gasteiger partial charge in [-0.15, -0.1) is 0 Å².